The molecule has 5 nitrogen and oxygen atoms in total. The van der Waals surface area contributed by atoms with E-state index in [4.69, 9.17) is 16.1 Å². The Hall–Kier alpha value is -1.95. The summed E-state index contributed by atoms with van der Waals surface area (Å²) in [6, 6.07) is 2.78. The Morgan fingerprint density at radius 1 is 1.53 bits per heavy atom. The number of rotatable bonds is 3. The number of halogens is 2. The Labute approximate surface area is 114 Å². The van der Waals surface area contributed by atoms with Gasteiger partial charge >= 0.3 is 0 Å². The van der Waals surface area contributed by atoms with E-state index >= 15 is 0 Å². The monoisotopic (exact) mass is 283 g/mol. The van der Waals surface area contributed by atoms with E-state index in [0.717, 1.165) is 12.3 Å². The number of amides is 1. The summed E-state index contributed by atoms with van der Waals surface area (Å²) in [6.45, 7) is 1.99. The second kappa shape index (κ2) is 5.36. The van der Waals surface area contributed by atoms with Crippen molar-refractivity contribution in [3.05, 3.63) is 46.3 Å². The van der Waals surface area contributed by atoms with Gasteiger partial charge in [-0.3, -0.25) is 4.79 Å². The second-order valence-electron chi connectivity index (χ2n) is 4.08. The van der Waals surface area contributed by atoms with Crippen molar-refractivity contribution >= 4 is 17.5 Å². The van der Waals surface area contributed by atoms with Crippen molar-refractivity contribution in [2.75, 3.05) is 7.05 Å². The Balaban J connectivity index is 2.16. The van der Waals surface area contributed by atoms with Gasteiger partial charge in [0, 0.05) is 13.1 Å². The lowest BCUT2D eigenvalue weighted by atomic mass is 10.2. The SMILES string of the molecule is Cc1cc(CN(C)C(=O)c2cc(F)cnc2Cl)no1. The molecule has 0 atom stereocenters. The Morgan fingerprint density at radius 3 is 2.89 bits per heavy atom. The minimum atomic E-state index is -0.613. The molecule has 2 rings (SSSR count). The van der Waals surface area contributed by atoms with Crippen LogP contribution in [0.1, 0.15) is 21.8 Å². The molecule has 19 heavy (non-hydrogen) atoms. The first kappa shape index (κ1) is 13.5. The van der Waals surface area contributed by atoms with Crippen molar-refractivity contribution in [2.24, 2.45) is 0 Å². The molecule has 0 spiro atoms. The Bertz CT molecular complexity index is 615. The first-order chi connectivity index (χ1) is 8.97. The molecule has 0 aliphatic rings. The molecule has 1 amide bonds. The predicted octanol–water partition coefficient (Wildman–Crippen LogP) is 2.44. The number of hydrogen-bond acceptors (Lipinski definition) is 4. The number of carbonyl (C=O) groups excluding carboxylic acids is 1. The molecule has 0 unspecified atom stereocenters. The van der Waals surface area contributed by atoms with Gasteiger partial charge in [-0.2, -0.15) is 0 Å². The molecular formula is C12H11ClFN3O2. The largest absolute Gasteiger partial charge is 0.361 e. The molecule has 0 bridgehead atoms. The van der Waals surface area contributed by atoms with E-state index in [2.05, 4.69) is 10.1 Å². The maximum atomic E-state index is 13.1. The van der Waals surface area contributed by atoms with Gasteiger partial charge in [0.15, 0.2) is 0 Å². The molecule has 100 valence electrons. The molecule has 0 saturated carbocycles. The minimum absolute atomic E-state index is 0.0179. The fourth-order valence-electron chi connectivity index (χ4n) is 1.59. The van der Waals surface area contributed by atoms with Crippen LogP contribution in [-0.2, 0) is 6.54 Å². The highest BCUT2D eigenvalue weighted by molar-refractivity contribution is 6.32. The third kappa shape index (κ3) is 3.08. The molecule has 7 heteroatoms. The van der Waals surface area contributed by atoms with Gasteiger partial charge in [-0.1, -0.05) is 16.8 Å². The molecule has 0 saturated heterocycles. The normalized spacial score (nSPS) is 10.5. The van der Waals surface area contributed by atoms with Crippen molar-refractivity contribution < 1.29 is 13.7 Å². The summed E-state index contributed by atoms with van der Waals surface area (Å²) in [7, 11) is 1.56. The lowest BCUT2D eigenvalue weighted by Crippen LogP contribution is -2.27. The summed E-state index contributed by atoms with van der Waals surface area (Å²) in [6.07, 6.45) is 0.958. The standard InChI is InChI=1S/C12H11ClFN3O2/c1-7-3-9(16-19-7)6-17(2)12(18)10-4-8(14)5-15-11(10)13/h3-5H,6H2,1-2H3. The van der Waals surface area contributed by atoms with E-state index in [1.807, 2.05) is 0 Å². The number of aromatic nitrogens is 2. The van der Waals surface area contributed by atoms with Gasteiger partial charge in [-0.05, 0) is 13.0 Å². The summed E-state index contributed by atoms with van der Waals surface area (Å²) in [5.41, 5.74) is 0.623. The summed E-state index contributed by atoms with van der Waals surface area (Å²) in [5, 5.41) is 3.75. The zero-order valence-corrected chi connectivity index (χ0v) is 11.1. The van der Waals surface area contributed by atoms with Crippen LogP contribution in [0, 0.1) is 12.7 Å². The Morgan fingerprint density at radius 2 is 2.26 bits per heavy atom. The van der Waals surface area contributed by atoms with Crippen molar-refractivity contribution in [3.63, 3.8) is 0 Å². The van der Waals surface area contributed by atoms with E-state index < -0.39 is 11.7 Å². The van der Waals surface area contributed by atoms with Gasteiger partial charge in [0.05, 0.1) is 18.3 Å². The third-order valence-corrected chi connectivity index (χ3v) is 2.76. The average molecular weight is 284 g/mol. The maximum absolute atomic E-state index is 13.1. The van der Waals surface area contributed by atoms with Crippen LogP contribution in [0.4, 0.5) is 4.39 Å². The summed E-state index contributed by atoms with van der Waals surface area (Å²) in [5.74, 6) is -0.391. The highest BCUT2D eigenvalue weighted by atomic mass is 35.5. The van der Waals surface area contributed by atoms with Crippen molar-refractivity contribution in [2.45, 2.75) is 13.5 Å². The highest BCUT2D eigenvalue weighted by Crippen LogP contribution is 2.16. The van der Waals surface area contributed by atoms with Crippen molar-refractivity contribution in [3.8, 4) is 0 Å². The fourth-order valence-corrected chi connectivity index (χ4v) is 1.77. The van der Waals surface area contributed by atoms with Crippen LogP contribution in [0.25, 0.3) is 0 Å². The number of hydrogen-bond donors (Lipinski definition) is 0. The zero-order chi connectivity index (χ0) is 14.0. The number of aryl methyl sites for hydroxylation is 1. The summed E-state index contributed by atoms with van der Waals surface area (Å²) < 4.78 is 18.0. The second-order valence-corrected chi connectivity index (χ2v) is 4.44. The van der Waals surface area contributed by atoms with Crippen LogP contribution in [0.15, 0.2) is 22.9 Å². The van der Waals surface area contributed by atoms with E-state index in [0.29, 0.717) is 11.5 Å². The number of carbonyl (C=O) groups is 1. The van der Waals surface area contributed by atoms with Crippen LogP contribution in [0.5, 0.6) is 0 Å². The van der Waals surface area contributed by atoms with Crippen LogP contribution in [0.3, 0.4) is 0 Å². The average Bonchev–Trinajstić information content (AvgIpc) is 2.77. The minimum Gasteiger partial charge on any atom is -0.361 e. The third-order valence-electron chi connectivity index (χ3n) is 2.46. The quantitative estimate of drug-likeness (QED) is 0.812. The van der Waals surface area contributed by atoms with Gasteiger partial charge in [0.25, 0.3) is 5.91 Å². The van der Waals surface area contributed by atoms with Gasteiger partial charge in [-0.15, -0.1) is 0 Å². The van der Waals surface area contributed by atoms with Crippen LogP contribution in [-0.4, -0.2) is 28.0 Å². The zero-order valence-electron chi connectivity index (χ0n) is 10.4. The molecule has 2 heterocycles. The van der Waals surface area contributed by atoms with E-state index in [-0.39, 0.29) is 17.3 Å². The Kier molecular flexibility index (Phi) is 3.80. The molecule has 0 aromatic carbocycles. The molecule has 2 aromatic heterocycles. The molecular weight excluding hydrogens is 273 g/mol. The lowest BCUT2D eigenvalue weighted by molar-refractivity contribution is 0.0781. The van der Waals surface area contributed by atoms with Crippen LogP contribution < -0.4 is 0 Å². The van der Waals surface area contributed by atoms with Gasteiger partial charge in [-0.25, -0.2) is 9.37 Å². The molecule has 0 radical (unpaired) electrons. The van der Waals surface area contributed by atoms with E-state index in [1.54, 1.807) is 20.0 Å². The smallest absolute Gasteiger partial charge is 0.257 e. The van der Waals surface area contributed by atoms with Gasteiger partial charge in [0.2, 0.25) is 0 Å². The molecule has 0 aliphatic carbocycles. The van der Waals surface area contributed by atoms with E-state index in [1.165, 1.54) is 4.90 Å². The number of pyridine rings is 1. The molecule has 0 aliphatic heterocycles. The van der Waals surface area contributed by atoms with Gasteiger partial charge < -0.3 is 9.42 Å². The van der Waals surface area contributed by atoms with Crippen LogP contribution >= 0.6 is 11.6 Å². The highest BCUT2D eigenvalue weighted by Gasteiger charge is 2.18. The lowest BCUT2D eigenvalue weighted by Gasteiger charge is -2.15. The molecule has 2 aromatic rings. The predicted molar refractivity (Wildman–Crippen MR) is 66.2 cm³/mol. The van der Waals surface area contributed by atoms with Crippen molar-refractivity contribution in [1.82, 2.24) is 15.0 Å². The molecule has 0 fully saturated rings. The van der Waals surface area contributed by atoms with Crippen LogP contribution in [0.2, 0.25) is 5.15 Å². The number of nitrogens with zero attached hydrogens (tertiary/aromatic N) is 3. The first-order valence-corrected chi connectivity index (χ1v) is 5.84. The summed E-state index contributed by atoms with van der Waals surface area (Å²) in [4.78, 5) is 17.1. The van der Waals surface area contributed by atoms with Gasteiger partial charge in [0.1, 0.15) is 22.4 Å². The maximum Gasteiger partial charge on any atom is 0.257 e. The van der Waals surface area contributed by atoms with E-state index in [9.17, 15) is 9.18 Å². The summed E-state index contributed by atoms with van der Waals surface area (Å²) >= 11 is 5.78. The molecule has 0 N–H and O–H groups in total. The topological polar surface area (TPSA) is 59.2 Å². The first-order valence-electron chi connectivity index (χ1n) is 5.46. The fraction of sp³-hybridized carbons (Fsp3) is 0.250. The van der Waals surface area contributed by atoms with Crippen molar-refractivity contribution in [1.29, 1.82) is 0 Å².